The van der Waals surface area contributed by atoms with Crippen molar-refractivity contribution in [3.63, 3.8) is 0 Å². The van der Waals surface area contributed by atoms with Crippen LogP contribution < -0.4 is 5.32 Å². The molecule has 0 bridgehead atoms. The zero-order valence-electron chi connectivity index (χ0n) is 12.6. The van der Waals surface area contributed by atoms with E-state index in [1.807, 2.05) is 0 Å². The van der Waals surface area contributed by atoms with Gasteiger partial charge in [0.15, 0.2) is 15.4 Å². The van der Waals surface area contributed by atoms with Gasteiger partial charge in [0.05, 0.1) is 16.7 Å². The van der Waals surface area contributed by atoms with Crippen molar-refractivity contribution in [3.8, 4) is 0 Å². The second kappa shape index (κ2) is 7.05. The highest BCUT2D eigenvalue weighted by Gasteiger charge is 2.31. The van der Waals surface area contributed by atoms with Gasteiger partial charge in [-0.15, -0.1) is 0 Å². The molecule has 128 valence electrons. The minimum Gasteiger partial charge on any atom is -0.479 e. The van der Waals surface area contributed by atoms with Gasteiger partial charge in [-0.05, 0) is 38.1 Å². The molecule has 2 unspecified atom stereocenters. The molecule has 0 aromatic heterocycles. The molecule has 0 fully saturated rings. The van der Waals surface area contributed by atoms with Crippen molar-refractivity contribution in [2.75, 3.05) is 6.54 Å². The number of aliphatic carboxylic acids is 1. The molecule has 1 amide bonds. The number of rotatable bonds is 7. The largest absolute Gasteiger partial charge is 0.479 e. The van der Waals surface area contributed by atoms with Crippen molar-refractivity contribution in [1.82, 2.24) is 5.32 Å². The van der Waals surface area contributed by atoms with Gasteiger partial charge in [-0.25, -0.2) is 17.6 Å². The van der Waals surface area contributed by atoms with Crippen molar-refractivity contribution in [2.24, 2.45) is 0 Å². The van der Waals surface area contributed by atoms with Crippen LogP contribution in [-0.4, -0.2) is 47.9 Å². The summed E-state index contributed by atoms with van der Waals surface area (Å²) in [7, 11) is -3.83. The number of benzene rings is 1. The summed E-state index contributed by atoms with van der Waals surface area (Å²) in [6, 6.07) is 4.22. The van der Waals surface area contributed by atoms with Crippen molar-refractivity contribution < 1.29 is 32.6 Å². The number of aliphatic hydroxyl groups is 1. The Kier molecular flexibility index (Phi) is 5.84. The molecule has 1 aromatic carbocycles. The molecule has 0 aliphatic rings. The molecule has 0 aliphatic carbocycles. The Morgan fingerprint density at radius 2 is 1.83 bits per heavy atom. The number of carboxylic acids is 1. The maximum absolute atomic E-state index is 12.8. The predicted octanol–water partition coefficient (Wildman–Crippen LogP) is 0.330. The fourth-order valence-corrected chi connectivity index (χ4v) is 3.00. The fraction of sp³-hybridized carbons (Fsp3) is 0.429. The molecular formula is C14H18FNO6S. The fourth-order valence-electron chi connectivity index (χ4n) is 1.65. The van der Waals surface area contributed by atoms with Gasteiger partial charge in [0.1, 0.15) is 5.82 Å². The lowest BCUT2D eigenvalue weighted by Gasteiger charge is -2.19. The van der Waals surface area contributed by atoms with E-state index < -0.39 is 51.3 Å². The lowest BCUT2D eigenvalue weighted by Crippen LogP contribution is -2.47. The smallest absolute Gasteiger partial charge is 0.337 e. The standard InChI is InChI=1S/C14H18FNO6S/c1-9(7-12(17)16-8-14(2,20)13(18)19)23(21,22)11-5-3-10(15)4-6-11/h3-6,9,20H,7-8H2,1-2H3,(H,16,17)(H,18,19). The van der Waals surface area contributed by atoms with Gasteiger partial charge in [0.25, 0.3) is 0 Å². The number of nitrogens with one attached hydrogen (secondary N) is 1. The molecule has 0 saturated heterocycles. The van der Waals surface area contributed by atoms with Gasteiger partial charge in [-0.1, -0.05) is 0 Å². The highest BCUT2D eigenvalue weighted by atomic mass is 32.2. The van der Waals surface area contributed by atoms with E-state index in [1.165, 1.54) is 6.92 Å². The minimum atomic E-state index is -3.83. The Balaban J connectivity index is 2.71. The first kappa shape index (κ1) is 19.0. The number of amides is 1. The Bertz CT molecular complexity index is 684. The van der Waals surface area contributed by atoms with Crippen molar-refractivity contribution in [1.29, 1.82) is 0 Å². The summed E-state index contributed by atoms with van der Waals surface area (Å²) in [4.78, 5) is 22.3. The molecular weight excluding hydrogens is 329 g/mol. The van der Waals surface area contributed by atoms with Gasteiger partial charge in [-0.2, -0.15) is 0 Å². The average Bonchev–Trinajstić information content (AvgIpc) is 2.45. The van der Waals surface area contributed by atoms with E-state index in [1.54, 1.807) is 0 Å². The number of sulfone groups is 1. The van der Waals surface area contributed by atoms with E-state index in [0.29, 0.717) is 0 Å². The summed E-state index contributed by atoms with van der Waals surface area (Å²) in [6.07, 6.45) is -0.421. The summed E-state index contributed by atoms with van der Waals surface area (Å²) < 4.78 is 37.3. The summed E-state index contributed by atoms with van der Waals surface area (Å²) >= 11 is 0. The van der Waals surface area contributed by atoms with E-state index in [2.05, 4.69) is 5.32 Å². The third kappa shape index (κ3) is 5.00. The van der Waals surface area contributed by atoms with Gasteiger partial charge >= 0.3 is 5.97 Å². The highest BCUT2D eigenvalue weighted by Crippen LogP contribution is 2.18. The summed E-state index contributed by atoms with van der Waals surface area (Å²) in [5.41, 5.74) is -2.14. The van der Waals surface area contributed by atoms with E-state index in [-0.39, 0.29) is 4.90 Å². The van der Waals surface area contributed by atoms with Crippen LogP contribution in [0.4, 0.5) is 4.39 Å². The molecule has 0 saturated carbocycles. The van der Waals surface area contributed by atoms with Crippen molar-refractivity contribution in [3.05, 3.63) is 30.1 Å². The Morgan fingerprint density at radius 1 is 1.30 bits per heavy atom. The number of carbonyl (C=O) groups excluding carboxylic acids is 1. The van der Waals surface area contributed by atoms with Crippen molar-refractivity contribution >= 4 is 21.7 Å². The summed E-state index contributed by atoms with van der Waals surface area (Å²) in [5, 5.41) is 19.3. The molecule has 3 N–H and O–H groups in total. The molecule has 1 aromatic rings. The van der Waals surface area contributed by atoms with Crippen LogP contribution in [0, 0.1) is 5.82 Å². The molecule has 9 heteroatoms. The monoisotopic (exact) mass is 347 g/mol. The van der Waals surface area contributed by atoms with E-state index in [4.69, 9.17) is 5.11 Å². The Labute approximate surface area is 133 Å². The number of hydrogen-bond acceptors (Lipinski definition) is 5. The molecule has 0 aliphatic heterocycles. The maximum atomic E-state index is 12.8. The van der Waals surface area contributed by atoms with Crippen LogP contribution in [0.1, 0.15) is 20.3 Å². The van der Waals surface area contributed by atoms with Crippen LogP contribution >= 0.6 is 0 Å². The topological polar surface area (TPSA) is 121 Å². The third-order valence-electron chi connectivity index (χ3n) is 3.24. The predicted molar refractivity (Wildman–Crippen MR) is 78.9 cm³/mol. The van der Waals surface area contributed by atoms with E-state index in [9.17, 15) is 27.5 Å². The van der Waals surface area contributed by atoms with E-state index >= 15 is 0 Å². The van der Waals surface area contributed by atoms with Crippen LogP contribution in [0.5, 0.6) is 0 Å². The zero-order valence-corrected chi connectivity index (χ0v) is 13.4. The normalized spacial score (nSPS) is 15.5. The zero-order chi connectivity index (χ0) is 17.8. The quantitative estimate of drug-likeness (QED) is 0.611. The first-order valence-electron chi connectivity index (χ1n) is 6.69. The molecule has 7 nitrogen and oxygen atoms in total. The van der Waals surface area contributed by atoms with Crippen LogP contribution in [0.2, 0.25) is 0 Å². The van der Waals surface area contributed by atoms with Gasteiger partial charge in [-0.3, -0.25) is 4.79 Å². The molecule has 1 rings (SSSR count). The molecule has 23 heavy (non-hydrogen) atoms. The Morgan fingerprint density at radius 3 is 2.30 bits per heavy atom. The Hall–Kier alpha value is -2.00. The van der Waals surface area contributed by atoms with Crippen LogP contribution in [0.25, 0.3) is 0 Å². The number of hydrogen-bond donors (Lipinski definition) is 3. The second-order valence-corrected chi connectivity index (χ2v) is 7.74. The number of carbonyl (C=O) groups is 2. The lowest BCUT2D eigenvalue weighted by molar-refractivity contribution is -0.156. The molecule has 2 atom stereocenters. The molecule has 0 spiro atoms. The van der Waals surface area contributed by atoms with Crippen LogP contribution in [0.15, 0.2) is 29.2 Å². The first-order valence-corrected chi connectivity index (χ1v) is 8.23. The summed E-state index contributed by atoms with van der Waals surface area (Å²) in [5.74, 6) is -2.81. The van der Waals surface area contributed by atoms with Crippen molar-refractivity contribution in [2.45, 2.75) is 36.0 Å². The third-order valence-corrected chi connectivity index (χ3v) is 5.39. The minimum absolute atomic E-state index is 0.114. The second-order valence-electron chi connectivity index (χ2n) is 5.37. The highest BCUT2D eigenvalue weighted by molar-refractivity contribution is 7.92. The molecule has 0 radical (unpaired) electrons. The number of halogens is 1. The van der Waals surface area contributed by atoms with Crippen LogP contribution in [-0.2, 0) is 19.4 Å². The van der Waals surface area contributed by atoms with Gasteiger partial charge in [0, 0.05) is 6.42 Å². The molecule has 0 heterocycles. The SMILES string of the molecule is CC(CC(=O)NCC(C)(O)C(=O)O)S(=O)(=O)c1ccc(F)cc1. The first-order chi connectivity index (χ1) is 10.5. The maximum Gasteiger partial charge on any atom is 0.337 e. The van der Waals surface area contributed by atoms with E-state index in [0.717, 1.165) is 31.2 Å². The van der Waals surface area contributed by atoms with Crippen LogP contribution in [0.3, 0.4) is 0 Å². The van der Waals surface area contributed by atoms with Gasteiger partial charge in [0.2, 0.25) is 5.91 Å². The lowest BCUT2D eigenvalue weighted by atomic mass is 10.1. The summed E-state index contributed by atoms with van der Waals surface area (Å²) in [6.45, 7) is 1.77. The van der Waals surface area contributed by atoms with Gasteiger partial charge < -0.3 is 15.5 Å². The average molecular weight is 347 g/mol. The number of carboxylic acid groups (broad SMARTS) is 1.